The van der Waals surface area contributed by atoms with Gasteiger partial charge in [0.05, 0.1) is 9.37 Å². The molecule has 1 aliphatic heterocycles. The van der Waals surface area contributed by atoms with Crippen molar-refractivity contribution in [3.63, 3.8) is 0 Å². The fourth-order valence-corrected chi connectivity index (χ4v) is 4.56. The van der Waals surface area contributed by atoms with Crippen LogP contribution in [0.2, 0.25) is 0 Å². The normalized spacial score (nSPS) is 21.6. The van der Waals surface area contributed by atoms with E-state index in [0.29, 0.717) is 6.54 Å². The summed E-state index contributed by atoms with van der Waals surface area (Å²) in [6.07, 6.45) is 2.52. The first-order chi connectivity index (χ1) is 9.34. The van der Waals surface area contributed by atoms with E-state index in [4.69, 9.17) is 5.73 Å². The Labute approximate surface area is 139 Å². The van der Waals surface area contributed by atoms with E-state index in [9.17, 15) is 12.8 Å². The fraction of sp³-hybridized carbons (Fsp3) is 0.538. The lowest BCUT2D eigenvalue weighted by atomic mass is 10.00. The third-order valence-corrected chi connectivity index (χ3v) is 6.17. The minimum atomic E-state index is -3.70. The molecule has 1 aliphatic rings. The monoisotopic (exact) mass is 400 g/mol. The van der Waals surface area contributed by atoms with Crippen LogP contribution in [0, 0.1) is 5.82 Å². The number of hydrogen-bond acceptors (Lipinski definition) is 3. The highest BCUT2D eigenvalue weighted by molar-refractivity contribution is 9.10. The second-order valence-electron chi connectivity index (χ2n) is 5.11. The third-order valence-electron chi connectivity index (χ3n) is 3.60. The summed E-state index contributed by atoms with van der Waals surface area (Å²) in [6, 6.07) is 3.40. The molecule has 0 aromatic heterocycles. The van der Waals surface area contributed by atoms with Crippen LogP contribution in [-0.2, 0) is 10.0 Å². The van der Waals surface area contributed by atoms with Crippen molar-refractivity contribution in [1.82, 2.24) is 4.31 Å². The van der Waals surface area contributed by atoms with Crippen LogP contribution in [0.25, 0.3) is 0 Å². The molecule has 0 amide bonds. The maximum atomic E-state index is 13.6. The number of rotatable bonds is 3. The highest BCUT2D eigenvalue weighted by Gasteiger charge is 2.35. The zero-order valence-electron chi connectivity index (χ0n) is 11.6. The molecule has 2 N–H and O–H groups in total. The highest BCUT2D eigenvalue weighted by Crippen LogP contribution is 2.28. The molecule has 0 saturated carbocycles. The van der Waals surface area contributed by atoms with Crippen molar-refractivity contribution < 1.29 is 12.8 Å². The largest absolute Gasteiger partial charge is 0.326 e. The third kappa shape index (κ3) is 3.96. The molecule has 120 valence electrons. The van der Waals surface area contributed by atoms with Gasteiger partial charge in [0, 0.05) is 18.6 Å². The Morgan fingerprint density at radius 1 is 1.43 bits per heavy atom. The first kappa shape index (κ1) is 18.8. The molecule has 0 aliphatic carbocycles. The quantitative estimate of drug-likeness (QED) is 0.847. The summed E-state index contributed by atoms with van der Waals surface area (Å²) in [5, 5.41) is 0. The van der Waals surface area contributed by atoms with Gasteiger partial charge in [-0.05, 0) is 53.9 Å². The molecule has 8 heteroatoms. The van der Waals surface area contributed by atoms with E-state index in [1.165, 1.54) is 16.4 Å². The predicted molar refractivity (Wildman–Crippen MR) is 86.5 cm³/mol. The maximum absolute atomic E-state index is 13.6. The summed E-state index contributed by atoms with van der Waals surface area (Å²) in [4.78, 5) is -0.0225. The number of sulfonamides is 1. The van der Waals surface area contributed by atoms with Crippen LogP contribution >= 0.6 is 28.3 Å². The van der Waals surface area contributed by atoms with Crippen molar-refractivity contribution in [3.05, 3.63) is 28.5 Å². The molecule has 2 rings (SSSR count). The molecule has 1 fully saturated rings. The highest BCUT2D eigenvalue weighted by atomic mass is 79.9. The van der Waals surface area contributed by atoms with Gasteiger partial charge in [-0.25, -0.2) is 12.8 Å². The Bertz CT molecular complexity index is 598. The number of hydrogen-bond donors (Lipinski definition) is 1. The second-order valence-corrected chi connectivity index (χ2v) is 7.86. The minimum absolute atomic E-state index is 0. The fourth-order valence-electron chi connectivity index (χ4n) is 2.53. The molecule has 1 aromatic rings. The van der Waals surface area contributed by atoms with Crippen molar-refractivity contribution in [2.75, 3.05) is 6.54 Å². The summed E-state index contributed by atoms with van der Waals surface area (Å²) >= 11 is 3.02. The van der Waals surface area contributed by atoms with Crippen LogP contribution in [0.4, 0.5) is 4.39 Å². The Kier molecular flexibility index (Phi) is 6.61. The van der Waals surface area contributed by atoms with Gasteiger partial charge >= 0.3 is 0 Å². The van der Waals surface area contributed by atoms with E-state index in [1.807, 2.05) is 0 Å². The Balaban J connectivity index is 0.00000220. The lowest BCUT2D eigenvalue weighted by molar-refractivity contribution is 0.227. The van der Waals surface area contributed by atoms with Gasteiger partial charge in [0.15, 0.2) is 0 Å². The van der Waals surface area contributed by atoms with E-state index >= 15 is 0 Å². The van der Waals surface area contributed by atoms with Gasteiger partial charge in [-0.1, -0.05) is 6.42 Å². The molecular formula is C13H19BrClFN2O2S. The lowest BCUT2D eigenvalue weighted by Crippen LogP contribution is -2.51. The summed E-state index contributed by atoms with van der Waals surface area (Å²) in [7, 11) is -3.70. The van der Waals surface area contributed by atoms with Crippen LogP contribution in [0.15, 0.2) is 27.6 Å². The van der Waals surface area contributed by atoms with Crippen molar-refractivity contribution in [2.45, 2.75) is 43.2 Å². The molecule has 4 nitrogen and oxygen atoms in total. The van der Waals surface area contributed by atoms with Crippen molar-refractivity contribution in [2.24, 2.45) is 5.73 Å². The van der Waals surface area contributed by atoms with Gasteiger partial charge in [0.25, 0.3) is 0 Å². The Morgan fingerprint density at radius 3 is 2.67 bits per heavy atom. The molecule has 2 unspecified atom stereocenters. The number of nitrogens with zero attached hydrogens (tertiary/aromatic N) is 1. The summed E-state index contributed by atoms with van der Waals surface area (Å²) in [5.74, 6) is -0.583. The van der Waals surface area contributed by atoms with Gasteiger partial charge in [-0.15, -0.1) is 12.4 Å². The molecule has 1 aromatic carbocycles. The lowest BCUT2D eigenvalue weighted by Gasteiger charge is -2.36. The van der Waals surface area contributed by atoms with Crippen molar-refractivity contribution in [3.8, 4) is 0 Å². The summed E-state index contributed by atoms with van der Waals surface area (Å²) < 4.78 is 40.6. The van der Waals surface area contributed by atoms with Gasteiger partial charge < -0.3 is 5.73 Å². The van der Waals surface area contributed by atoms with Crippen LogP contribution in [0.5, 0.6) is 0 Å². The molecule has 0 bridgehead atoms. The number of piperidine rings is 1. The van der Waals surface area contributed by atoms with Crippen molar-refractivity contribution in [1.29, 1.82) is 0 Å². The number of halogens is 3. The van der Waals surface area contributed by atoms with E-state index in [0.717, 1.165) is 25.3 Å². The van der Waals surface area contributed by atoms with Gasteiger partial charge in [-0.2, -0.15) is 4.31 Å². The number of nitrogens with two attached hydrogens (primary N) is 1. The first-order valence-electron chi connectivity index (χ1n) is 6.56. The van der Waals surface area contributed by atoms with Crippen LogP contribution in [-0.4, -0.2) is 31.4 Å². The van der Waals surface area contributed by atoms with Crippen LogP contribution in [0.3, 0.4) is 0 Å². The molecule has 1 heterocycles. The molecule has 2 atom stereocenters. The van der Waals surface area contributed by atoms with E-state index < -0.39 is 15.8 Å². The average molecular weight is 402 g/mol. The Morgan fingerprint density at radius 2 is 2.10 bits per heavy atom. The minimum Gasteiger partial charge on any atom is -0.326 e. The topological polar surface area (TPSA) is 63.4 Å². The standard InChI is InChI=1S/C13H18BrFN2O2S.ClH/c1-9(16)13-4-2-3-7-17(13)20(18,19)10-5-6-11(14)12(15)8-10;/h5-6,8-9,13H,2-4,7,16H2,1H3;1H. The van der Waals surface area contributed by atoms with Crippen molar-refractivity contribution >= 4 is 38.4 Å². The summed E-state index contributed by atoms with van der Waals surface area (Å²) in [5.41, 5.74) is 5.90. The molecular weight excluding hydrogens is 383 g/mol. The van der Waals surface area contributed by atoms with E-state index in [-0.39, 0.29) is 33.9 Å². The molecule has 21 heavy (non-hydrogen) atoms. The molecule has 0 radical (unpaired) electrons. The second kappa shape index (κ2) is 7.37. The van der Waals surface area contributed by atoms with Gasteiger partial charge in [-0.3, -0.25) is 0 Å². The maximum Gasteiger partial charge on any atom is 0.243 e. The smallest absolute Gasteiger partial charge is 0.243 e. The van der Waals surface area contributed by atoms with E-state index in [1.54, 1.807) is 6.92 Å². The van der Waals surface area contributed by atoms with Gasteiger partial charge in [0.2, 0.25) is 10.0 Å². The Hall–Kier alpha value is -0.210. The summed E-state index contributed by atoms with van der Waals surface area (Å²) in [6.45, 7) is 2.24. The number of benzene rings is 1. The zero-order chi connectivity index (χ0) is 14.9. The van der Waals surface area contributed by atoms with Crippen LogP contribution < -0.4 is 5.73 Å². The predicted octanol–water partition coefficient (Wildman–Crippen LogP) is 2.90. The zero-order valence-corrected chi connectivity index (χ0v) is 14.8. The molecule has 0 spiro atoms. The average Bonchev–Trinajstić information content (AvgIpc) is 2.41. The van der Waals surface area contributed by atoms with Gasteiger partial charge in [0.1, 0.15) is 5.82 Å². The molecule has 1 saturated heterocycles. The first-order valence-corrected chi connectivity index (χ1v) is 8.80. The SMILES string of the molecule is CC(N)C1CCCCN1S(=O)(=O)c1ccc(Br)c(F)c1.Cl. The van der Waals surface area contributed by atoms with E-state index in [2.05, 4.69) is 15.9 Å². The van der Waals surface area contributed by atoms with Crippen LogP contribution in [0.1, 0.15) is 26.2 Å².